The first kappa shape index (κ1) is 14.9. The molecule has 0 N–H and O–H groups in total. The zero-order chi connectivity index (χ0) is 16.0. The van der Waals surface area contributed by atoms with E-state index in [1.54, 1.807) is 6.33 Å². The maximum Gasteiger partial charge on any atom is 0.163 e. The Bertz CT molecular complexity index is 695. The summed E-state index contributed by atoms with van der Waals surface area (Å²) in [6.45, 7) is 9.24. The molecule has 0 spiro atoms. The Hall–Kier alpha value is -1.69. The lowest BCUT2D eigenvalue weighted by Gasteiger charge is -2.26. The summed E-state index contributed by atoms with van der Waals surface area (Å²) in [5, 5.41) is 5.65. The fourth-order valence-electron chi connectivity index (χ4n) is 3.35. The van der Waals surface area contributed by atoms with Gasteiger partial charge in [-0.15, -0.1) is 0 Å². The van der Waals surface area contributed by atoms with Gasteiger partial charge in [0.2, 0.25) is 0 Å². The zero-order valence-corrected chi connectivity index (χ0v) is 14.2. The number of fused-ring (bicyclic) bond motifs is 1. The summed E-state index contributed by atoms with van der Waals surface area (Å²) in [7, 11) is 0. The van der Waals surface area contributed by atoms with Crippen LogP contribution in [0.15, 0.2) is 12.5 Å². The van der Waals surface area contributed by atoms with E-state index < -0.39 is 0 Å². The first-order chi connectivity index (χ1) is 11.0. The van der Waals surface area contributed by atoms with E-state index in [1.807, 2.05) is 10.9 Å². The van der Waals surface area contributed by atoms with E-state index >= 15 is 0 Å². The van der Waals surface area contributed by atoms with E-state index in [1.165, 1.54) is 12.8 Å². The fourth-order valence-corrected chi connectivity index (χ4v) is 3.35. The van der Waals surface area contributed by atoms with E-state index in [0.29, 0.717) is 12.0 Å². The van der Waals surface area contributed by atoms with Crippen LogP contribution < -0.4 is 4.90 Å². The third kappa shape index (κ3) is 2.80. The van der Waals surface area contributed by atoms with Crippen molar-refractivity contribution in [2.75, 3.05) is 24.7 Å². The minimum atomic E-state index is -0.0862. The van der Waals surface area contributed by atoms with Crippen LogP contribution in [-0.2, 0) is 10.3 Å². The number of hydrogen-bond donors (Lipinski definition) is 0. The van der Waals surface area contributed by atoms with Gasteiger partial charge in [-0.2, -0.15) is 5.10 Å². The van der Waals surface area contributed by atoms with Gasteiger partial charge in [-0.25, -0.2) is 14.6 Å². The fraction of sp³-hybridized carbons (Fsp3) is 0.706. The van der Waals surface area contributed by atoms with Crippen LogP contribution in [0.1, 0.15) is 40.0 Å². The molecule has 2 fully saturated rings. The Morgan fingerprint density at radius 2 is 2.09 bits per heavy atom. The van der Waals surface area contributed by atoms with Gasteiger partial charge in [0.25, 0.3) is 0 Å². The second-order valence-electron chi connectivity index (χ2n) is 7.77. The number of ether oxygens (including phenoxy) is 1. The van der Waals surface area contributed by atoms with E-state index in [-0.39, 0.29) is 5.54 Å². The summed E-state index contributed by atoms with van der Waals surface area (Å²) < 4.78 is 7.55. The maximum absolute atomic E-state index is 5.55. The number of hydrogen-bond acceptors (Lipinski definition) is 5. The van der Waals surface area contributed by atoms with Crippen LogP contribution in [0.3, 0.4) is 0 Å². The van der Waals surface area contributed by atoms with Crippen molar-refractivity contribution in [3.05, 3.63) is 12.5 Å². The highest BCUT2D eigenvalue weighted by Crippen LogP contribution is 2.36. The molecular formula is C17H25N5O. The third-order valence-corrected chi connectivity index (χ3v) is 4.72. The monoisotopic (exact) mass is 315 g/mol. The highest BCUT2D eigenvalue weighted by atomic mass is 16.5. The average Bonchev–Trinajstić information content (AvgIpc) is 3.03. The van der Waals surface area contributed by atoms with Gasteiger partial charge in [-0.3, -0.25) is 0 Å². The van der Waals surface area contributed by atoms with Gasteiger partial charge in [0.05, 0.1) is 23.7 Å². The summed E-state index contributed by atoms with van der Waals surface area (Å²) in [6.07, 6.45) is 7.27. The molecule has 2 aliphatic rings. The summed E-state index contributed by atoms with van der Waals surface area (Å²) in [6, 6.07) is 0.617. The predicted molar refractivity (Wildman–Crippen MR) is 89.6 cm³/mol. The van der Waals surface area contributed by atoms with E-state index in [2.05, 4.69) is 40.7 Å². The minimum Gasteiger partial charge on any atom is -0.381 e. The van der Waals surface area contributed by atoms with Crippen molar-refractivity contribution in [3.63, 3.8) is 0 Å². The number of nitrogens with zero attached hydrogens (tertiary/aromatic N) is 5. The van der Waals surface area contributed by atoms with E-state index in [9.17, 15) is 0 Å². The Morgan fingerprint density at radius 3 is 2.74 bits per heavy atom. The van der Waals surface area contributed by atoms with Gasteiger partial charge in [0, 0.05) is 25.1 Å². The molecule has 0 radical (unpaired) electrons. The molecule has 1 saturated carbocycles. The molecule has 6 nitrogen and oxygen atoms in total. The molecule has 1 aliphatic carbocycles. The van der Waals surface area contributed by atoms with Crippen molar-refractivity contribution in [2.45, 2.75) is 51.6 Å². The summed E-state index contributed by atoms with van der Waals surface area (Å²) in [5.41, 5.74) is 0.840. The van der Waals surface area contributed by atoms with Crippen molar-refractivity contribution in [3.8, 4) is 0 Å². The van der Waals surface area contributed by atoms with Crippen molar-refractivity contribution in [2.24, 2.45) is 5.92 Å². The SMILES string of the molecule is CC(C)(C)n1ncc2c(N(CC3CCOC3)C3CC3)ncnc21. The van der Waals surface area contributed by atoms with Gasteiger partial charge in [0.1, 0.15) is 12.1 Å². The van der Waals surface area contributed by atoms with Gasteiger partial charge in [0.15, 0.2) is 5.65 Å². The molecule has 3 heterocycles. The molecule has 0 amide bonds. The Labute approximate surface area is 136 Å². The highest BCUT2D eigenvalue weighted by molar-refractivity contribution is 5.87. The van der Waals surface area contributed by atoms with Crippen LogP contribution >= 0.6 is 0 Å². The Kier molecular flexibility index (Phi) is 3.52. The molecule has 124 valence electrons. The molecular weight excluding hydrogens is 290 g/mol. The van der Waals surface area contributed by atoms with Crippen molar-refractivity contribution in [1.82, 2.24) is 19.7 Å². The van der Waals surface area contributed by atoms with Crippen LogP contribution in [0.2, 0.25) is 0 Å². The van der Waals surface area contributed by atoms with Gasteiger partial charge in [-0.1, -0.05) is 0 Å². The van der Waals surface area contributed by atoms with Crippen LogP contribution in [0, 0.1) is 5.92 Å². The second-order valence-corrected chi connectivity index (χ2v) is 7.77. The van der Waals surface area contributed by atoms with E-state index in [4.69, 9.17) is 4.74 Å². The lowest BCUT2D eigenvalue weighted by Crippen LogP contribution is -2.32. The molecule has 0 bridgehead atoms. The third-order valence-electron chi connectivity index (χ3n) is 4.72. The standard InChI is InChI=1S/C17H25N5O/c1-17(2,3)22-16-14(8-20-22)15(18-11-19-16)21(13-4-5-13)9-12-6-7-23-10-12/h8,11-13H,4-7,9-10H2,1-3H3. The summed E-state index contributed by atoms with van der Waals surface area (Å²) >= 11 is 0. The largest absolute Gasteiger partial charge is 0.381 e. The van der Waals surface area contributed by atoms with Crippen LogP contribution in [-0.4, -0.2) is 45.5 Å². The lowest BCUT2D eigenvalue weighted by molar-refractivity contribution is 0.186. The van der Waals surface area contributed by atoms with Gasteiger partial charge < -0.3 is 9.64 Å². The molecule has 1 atom stereocenters. The Morgan fingerprint density at radius 1 is 1.26 bits per heavy atom. The van der Waals surface area contributed by atoms with Gasteiger partial charge >= 0.3 is 0 Å². The maximum atomic E-state index is 5.55. The summed E-state index contributed by atoms with van der Waals surface area (Å²) in [5.74, 6) is 1.65. The average molecular weight is 315 g/mol. The number of anilines is 1. The quantitative estimate of drug-likeness (QED) is 0.868. The molecule has 2 aromatic heterocycles. The first-order valence-electron chi connectivity index (χ1n) is 8.57. The van der Waals surface area contributed by atoms with Crippen molar-refractivity contribution < 1.29 is 4.74 Å². The van der Waals surface area contributed by atoms with Gasteiger partial charge in [-0.05, 0) is 40.0 Å². The van der Waals surface area contributed by atoms with Crippen molar-refractivity contribution >= 4 is 16.9 Å². The molecule has 4 rings (SSSR count). The number of aromatic nitrogens is 4. The Balaban J connectivity index is 1.72. The number of rotatable bonds is 4. The molecule has 1 unspecified atom stereocenters. The molecule has 6 heteroatoms. The molecule has 0 aromatic carbocycles. The molecule has 23 heavy (non-hydrogen) atoms. The summed E-state index contributed by atoms with van der Waals surface area (Å²) in [4.78, 5) is 11.6. The lowest BCUT2D eigenvalue weighted by atomic mass is 10.1. The minimum absolute atomic E-state index is 0.0862. The highest BCUT2D eigenvalue weighted by Gasteiger charge is 2.34. The topological polar surface area (TPSA) is 56.1 Å². The van der Waals surface area contributed by atoms with Crippen LogP contribution in [0.25, 0.3) is 11.0 Å². The molecule has 2 aromatic rings. The second kappa shape index (κ2) is 5.44. The zero-order valence-electron chi connectivity index (χ0n) is 14.2. The normalized spacial score (nSPS) is 22.0. The molecule has 1 saturated heterocycles. The predicted octanol–water partition coefficient (Wildman–Crippen LogP) is 2.59. The smallest absolute Gasteiger partial charge is 0.163 e. The van der Waals surface area contributed by atoms with Crippen LogP contribution in [0.5, 0.6) is 0 Å². The van der Waals surface area contributed by atoms with Crippen molar-refractivity contribution in [1.29, 1.82) is 0 Å². The van der Waals surface area contributed by atoms with E-state index in [0.717, 1.165) is 43.0 Å². The van der Waals surface area contributed by atoms with Crippen LogP contribution in [0.4, 0.5) is 5.82 Å². The first-order valence-corrected chi connectivity index (χ1v) is 8.57. The molecule has 1 aliphatic heterocycles.